The summed E-state index contributed by atoms with van der Waals surface area (Å²) in [6.07, 6.45) is 2.98. The minimum Gasteiger partial charge on any atom is -0.502 e. The predicted molar refractivity (Wildman–Crippen MR) is 61.7 cm³/mol. The Kier molecular flexibility index (Phi) is 3.81. The summed E-state index contributed by atoms with van der Waals surface area (Å²) in [6, 6.07) is 1.33. The molecule has 0 amide bonds. The molecule has 0 aliphatic carbocycles. The van der Waals surface area contributed by atoms with E-state index >= 15 is 0 Å². The van der Waals surface area contributed by atoms with Gasteiger partial charge in [0.1, 0.15) is 12.0 Å². The van der Waals surface area contributed by atoms with Crippen LogP contribution in [0.15, 0.2) is 21.5 Å². The Morgan fingerprint density at radius 2 is 2.35 bits per heavy atom. The molecule has 1 aromatic rings. The van der Waals surface area contributed by atoms with Crippen molar-refractivity contribution in [1.29, 1.82) is 0 Å². The molecule has 1 atom stereocenters. The minimum atomic E-state index is -0.405. The zero-order chi connectivity index (χ0) is 12.3. The van der Waals surface area contributed by atoms with Gasteiger partial charge in [0.25, 0.3) is 0 Å². The normalized spacial score (nSPS) is 20.9. The molecule has 1 saturated heterocycles. The van der Waals surface area contributed by atoms with Crippen LogP contribution in [0.1, 0.15) is 18.6 Å². The topological polar surface area (TPSA) is 73.9 Å². The van der Waals surface area contributed by atoms with E-state index in [0.717, 1.165) is 32.2 Å². The highest BCUT2D eigenvalue weighted by atomic mass is 16.4. The summed E-state index contributed by atoms with van der Waals surface area (Å²) < 4.78 is 5.15. The van der Waals surface area contributed by atoms with Gasteiger partial charge in [-0.25, -0.2) is 0 Å². The van der Waals surface area contributed by atoms with Gasteiger partial charge in [0.15, 0.2) is 5.75 Å². The fourth-order valence-corrected chi connectivity index (χ4v) is 2.22. The first-order valence-corrected chi connectivity index (χ1v) is 5.83. The van der Waals surface area contributed by atoms with Crippen molar-refractivity contribution in [2.75, 3.05) is 19.7 Å². The first kappa shape index (κ1) is 12.1. The van der Waals surface area contributed by atoms with Gasteiger partial charge >= 0.3 is 0 Å². The average molecular weight is 239 g/mol. The first-order valence-electron chi connectivity index (χ1n) is 5.83. The maximum atomic E-state index is 11.2. The van der Waals surface area contributed by atoms with Gasteiger partial charge in [0.05, 0.1) is 6.54 Å². The molecule has 1 aromatic heterocycles. The largest absolute Gasteiger partial charge is 0.502 e. The molecule has 0 spiro atoms. The van der Waals surface area contributed by atoms with Gasteiger partial charge in [-0.2, -0.15) is 0 Å². The quantitative estimate of drug-likeness (QED) is 0.802. The Labute approximate surface area is 99.3 Å². The van der Waals surface area contributed by atoms with Gasteiger partial charge < -0.3 is 14.6 Å². The molecule has 0 aromatic carbocycles. The molecule has 2 N–H and O–H groups in total. The lowest BCUT2D eigenvalue weighted by Gasteiger charge is -2.14. The van der Waals surface area contributed by atoms with E-state index in [1.807, 2.05) is 0 Å². The maximum absolute atomic E-state index is 11.2. The summed E-state index contributed by atoms with van der Waals surface area (Å²) in [7, 11) is 0. The second kappa shape index (κ2) is 5.33. The van der Waals surface area contributed by atoms with Crippen molar-refractivity contribution in [2.45, 2.75) is 19.4 Å². The van der Waals surface area contributed by atoms with E-state index in [9.17, 15) is 4.79 Å². The molecule has 5 nitrogen and oxygen atoms in total. The lowest BCUT2D eigenvalue weighted by atomic mass is 10.1. The number of aliphatic hydroxyl groups excluding tert-OH is 1. The van der Waals surface area contributed by atoms with Gasteiger partial charge in [0.2, 0.25) is 5.43 Å². The smallest absolute Gasteiger partial charge is 0.226 e. The van der Waals surface area contributed by atoms with Gasteiger partial charge in [-0.05, 0) is 25.3 Å². The maximum Gasteiger partial charge on any atom is 0.226 e. The number of nitrogens with zero attached hydrogens (tertiary/aromatic N) is 1. The summed E-state index contributed by atoms with van der Waals surface area (Å²) >= 11 is 0. The van der Waals surface area contributed by atoms with Crippen LogP contribution in [-0.2, 0) is 6.54 Å². The van der Waals surface area contributed by atoms with Crippen LogP contribution in [0.2, 0.25) is 0 Å². The molecule has 1 unspecified atom stereocenters. The van der Waals surface area contributed by atoms with Crippen molar-refractivity contribution in [3.63, 3.8) is 0 Å². The molecule has 17 heavy (non-hydrogen) atoms. The molecule has 0 radical (unpaired) electrons. The minimum absolute atomic E-state index is 0.229. The number of hydrogen-bond donors (Lipinski definition) is 2. The van der Waals surface area contributed by atoms with Crippen LogP contribution in [0.4, 0.5) is 0 Å². The average Bonchev–Trinajstić information content (AvgIpc) is 2.72. The van der Waals surface area contributed by atoms with Crippen LogP contribution < -0.4 is 5.43 Å². The van der Waals surface area contributed by atoms with E-state index in [-0.39, 0.29) is 12.4 Å². The number of rotatable bonds is 4. The molecule has 94 valence electrons. The van der Waals surface area contributed by atoms with E-state index in [0.29, 0.717) is 18.2 Å². The third-order valence-corrected chi connectivity index (χ3v) is 3.15. The second-order valence-electron chi connectivity index (χ2n) is 4.50. The molecule has 2 rings (SSSR count). The van der Waals surface area contributed by atoms with E-state index < -0.39 is 5.43 Å². The molecule has 5 heteroatoms. The fourth-order valence-electron chi connectivity index (χ4n) is 2.22. The molecule has 0 saturated carbocycles. The summed E-state index contributed by atoms with van der Waals surface area (Å²) in [4.78, 5) is 13.4. The van der Waals surface area contributed by atoms with Crippen LogP contribution >= 0.6 is 0 Å². The molecule has 1 aliphatic rings. The Bertz CT molecular complexity index is 429. The van der Waals surface area contributed by atoms with E-state index in [2.05, 4.69) is 4.90 Å². The summed E-state index contributed by atoms with van der Waals surface area (Å²) in [6.45, 7) is 2.69. The Morgan fingerprint density at radius 1 is 1.53 bits per heavy atom. The molecule has 2 heterocycles. The second-order valence-corrected chi connectivity index (χ2v) is 4.50. The fraction of sp³-hybridized carbons (Fsp3) is 0.583. The van der Waals surface area contributed by atoms with Crippen molar-refractivity contribution < 1.29 is 14.6 Å². The third kappa shape index (κ3) is 3.08. The van der Waals surface area contributed by atoms with Crippen LogP contribution in [0.5, 0.6) is 5.75 Å². The SMILES string of the molecule is O=c1cc(CN2CCC(CCO)C2)occ1O. The van der Waals surface area contributed by atoms with E-state index in [4.69, 9.17) is 14.6 Å². The number of aromatic hydroxyl groups is 1. The monoisotopic (exact) mass is 239 g/mol. The van der Waals surface area contributed by atoms with Crippen molar-refractivity contribution in [3.05, 3.63) is 28.3 Å². The number of hydrogen-bond acceptors (Lipinski definition) is 5. The van der Waals surface area contributed by atoms with Gasteiger partial charge in [-0.3, -0.25) is 9.69 Å². The van der Waals surface area contributed by atoms with E-state index in [1.54, 1.807) is 0 Å². The van der Waals surface area contributed by atoms with Crippen molar-refractivity contribution in [3.8, 4) is 5.75 Å². The standard InChI is InChI=1S/C12H17NO4/c14-4-2-9-1-3-13(6-9)7-10-5-11(15)12(16)8-17-10/h5,8-9,14,16H,1-4,6-7H2. The van der Waals surface area contributed by atoms with Gasteiger partial charge in [-0.15, -0.1) is 0 Å². The predicted octanol–water partition coefficient (Wildman–Crippen LogP) is 0.550. The lowest BCUT2D eigenvalue weighted by Crippen LogP contribution is -2.21. The molecular weight excluding hydrogens is 222 g/mol. The Balaban J connectivity index is 1.93. The van der Waals surface area contributed by atoms with Crippen LogP contribution in [0.25, 0.3) is 0 Å². The molecule has 1 fully saturated rings. The summed E-state index contributed by atoms with van der Waals surface area (Å²) in [5.41, 5.74) is -0.405. The third-order valence-electron chi connectivity index (χ3n) is 3.15. The Hall–Kier alpha value is -1.33. The molecule has 0 bridgehead atoms. The van der Waals surface area contributed by atoms with Gasteiger partial charge in [0, 0.05) is 19.2 Å². The zero-order valence-corrected chi connectivity index (χ0v) is 9.63. The van der Waals surface area contributed by atoms with Crippen LogP contribution in [0.3, 0.4) is 0 Å². The highest BCUT2D eigenvalue weighted by molar-refractivity contribution is 5.15. The van der Waals surface area contributed by atoms with Crippen molar-refractivity contribution >= 4 is 0 Å². The number of aliphatic hydroxyl groups is 1. The first-order chi connectivity index (χ1) is 8.19. The Morgan fingerprint density at radius 3 is 3.06 bits per heavy atom. The van der Waals surface area contributed by atoms with Crippen molar-refractivity contribution in [1.82, 2.24) is 4.90 Å². The summed E-state index contributed by atoms with van der Waals surface area (Å²) in [5.74, 6) is 0.745. The van der Waals surface area contributed by atoms with E-state index in [1.165, 1.54) is 6.07 Å². The molecular formula is C12H17NO4. The summed E-state index contributed by atoms with van der Waals surface area (Å²) in [5, 5.41) is 17.9. The highest BCUT2D eigenvalue weighted by Gasteiger charge is 2.22. The highest BCUT2D eigenvalue weighted by Crippen LogP contribution is 2.20. The zero-order valence-electron chi connectivity index (χ0n) is 9.63. The number of likely N-dealkylation sites (tertiary alicyclic amines) is 1. The van der Waals surface area contributed by atoms with Crippen molar-refractivity contribution in [2.24, 2.45) is 5.92 Å². The van der Waals surface area contributed by atoms with Crippen LogP contribution in [-0.4, -0.2) is 34.8 Å². The van der Waals surface area contributed by atoms with Gasteiger partial charge in [-0.1, -0.05) is 0 Å². The van der Waals surface area contributed by atoms with Crippen LogP contribution in [0, 0.1) is 5.92 Å². The lowest BCUT2D eigenvalue weighted by molar-refractivity contribution is 0.243. The molecule has 1 aliphatic heterocycles.